The van der Waals surface area contributed by atoms with Gasteiger partial charge < -0.3 is 15.5 Å². The third kappa shape index (κ3) is 3.95. The molecule has 1 fully saturated rings. The Morgan fingerprint density at radius 3 is 2.21 bits per heavy atom. The fourth-order valence-corrected chi connectivity index (χ4v) is 2.03. The van der Waals surface area contributed by atoms with Crippen LogP contribution in [0.15, 0.2) is 0 Å². The first-order valence-electron chi connectivity index (χ1n) is 5.91. The van der Waals surface area contributed by atoms with Crippen molar-refractivity contribution in [1.29, 1.82) is 0 Å². The van der Waals surface area contributed by atoms with Gasteiger partial charge in [-0.05, 0) is 25.4 Å². The zero-order valence-corrected chi connectivity index (χ0v) is 9.71. The fourth-order valence-electron chi connectivity index (χ4n) is 2.03. The van der Waals surface area contributed by atoms with E-state index in [1.807, 2.05) is 0 Å². The lowest BCUT2D eigenvalue weighted by molar-refractivity contribution is 0.121. The molecule has 2 N–H and O–H groups in total. The predicted molar refractivity (Wildman–Crippen MR) is 61.4 cm³/mol. The summed E-state index contributed by atoms with van der Waals surface area (Å²) in [5, 5.41) is 0. The lowest BCUT2D eigenvalue weighted by Crippen LogP contribution is -2.48. The van der Waals surface area contributed by atoms with E-state index in [4.69, 9.17) is 5.73 Å². The van der Waals surface area contributed by atoms with Crippen LogP contribution < -0.4 is 5.73 Å². The first kappa shape index (κ1) is 12.0. The summed E-state index contributed by atoms with van der Waals surface area (Å²) in [4.78, 5) is 5.10. The summed E-state index contributed by atoms with van der Waals surface area (Å²) in [6, 6.07) is 0. The standard InChI is InChI=1S/C11H25N3/c1-3-4-13-5-7-14(8-6-13)10-11(2)9-12/h11H,3-10,12H2,1-2H3. The van der Waals surface area contributed by atoms with Gasteiger partial charge in [0.1, 0.15) is 0 Å². The van der Waals surface area contributed by atoms with Gasteiger partial charge in [-0.1, -0.05) is 13.8 Å². The van der Waals surface area contributed by atoms with Gasteiger partial charge in [-0.15, -0.1) is 0 Å². The van der Waals surface area contributed by atoms with E-state index in [0.717, 1.165) is 6.54 Å². The van der Waals surface area contributed by atoms with Crippen LogP contribution in [0.1, 0.15) is 20.3 Å². The van der Waals surface area contributed by atoms with Crippen molar-refractivity contribution in [2.75, 3.05) is 45.8 Å². The molecule has 0 amide bonds. The molecule has 1 heterocycles. The zero-order valence-electron chi connectivity index (χ0n) is 9.71. The van der Waals surface area contributed by atoms with Crippen LogP contribution in [0, 0.1) is 5.92 Å². The van der Waals surface area contributed by atoms with Crippen LogP contribution in [0.3, 0.4) is 0 Å². The molecule has 1 saturated heterocycles. The van der Waals surface area contributed by atoms with E-state index in [1.165, 1.54) is 45.7 Å². The number of hydrogen-bond acceptors (Lipinski definition) is 3. The largest absolute Gasteiger partial charge is 0.330 e. The van der Waals surface area contributed by atoms with Gasteiger partial charge in [0.25, 0.3) is 0 Å². The quantitative estimate of drug-likeness (QED) is 0.704. The van der Waals surface area contributed by atoms with Crippen molar-refractivity contribution < 1.29 is 0 Å². The van der Waals surface area contributed by atoms with E-state index in [1.54, 1.807) is 0 Å². The van der Waals surface area contributed by atoms with Gasteiger partial charge in [-0.25, -0.2) is 0 Å². The van der Waals surface area contributed by atoms with Crippen molar-refractivity contribution in [3.8, 4) is 0 Å². The molecule has 0 radical (unpaired) electrons. The van der Waals surface area contributed by atoms with Crippen LogP contribution in [0.25, 0.3) is 0 Å². The van der Waals surface area contributed by atoms with E-state index in [9.17, 15) is 0 Å². The normalized spacial score (nSPS) is 22.5. The maximum Gasteiger partial charge on any atom is 0.0110 e. The Morgan fingerprint density at radius 1 is 1.14 bits per heavy atom. The topological polar surface area (TPSA) is 32.5 Å². The maximum absolute atomic E-state index is 5.63. The molecule has 1 unspecified atom stereocenters. The molecular weight excluding hydrogens is 174 g/mol. The maximum atomic E-state index is 5.63. The second-order valence-electron chi connectivity index (χ2n) is 4.48. The Morgan fingerprint density at radius 2 is 1.71 bits per heavy atom. The molecule has 0 bridgehead atoms. The van der Waals surface area contributed by atoms with Gasteiger partial charge in [0.2, 0.25) is 0 Å². The van der Waals surface area contributed by atoms with E-state index >= 15 is 0 Å². The molecule has 0 aromatic heterocycles. The van der Waals surface area contributed by atoms with E-state index in [-0.39, 0.29) is 0 Å². The lowest BCUT2D eigenvalue weighted by Gasteiger charge is -2.35. The molecule has 84 valence electrons. The smallest absolute Gasteiger partial charge is 0.0110 e. The van der Waals surface area contributed by atoms with Gasteiger partial charge in [0.15, 0.2) is 0 Å². The Labute approximate surface area is 88.2 Å². The molecule has 0 aliphatic carbocycles. The third-order valence-electron chi connectivity index (χ3n) is 2.98. The molecule has 1 atom stereocenters. The molecule has 0 spiro atoms. The first-order chi connectivity index (χ1) is 6.76. The van der Waals surface area contributed by atoms with Crippen molar-refractivity contribution >= 4 is 0 Å². The lowest BCUT2D eigenvalue weighted by atomic mass is 10.1. The van der Waals surface area contributed by atoms with Gasteiger partial charge >= 0.3 is 0 Å². The Kier molecular flexibility index (Phi) is 5.45. The average Bonchev–Trinajstić information content (AvgIpc) is 2.21. The SMILES string of the molecule is CCCN1CCN(CC(C)CN)CC1. The third-order valence-corrected chi connectivity index (χ3v) is 2.98. The van der Waals surface area contributed by atoms with Crippen LogP contribution in [-0.4, -0.2) is 55.6 Å². The van der Waals surface area contributed by atoms with E-state index < -0.39 is 0 Å². The summed E-state index contributed by atoms with van der Waals surface area (Å²) in [5.74, 6) is 0.646. The second kappa shape index (κ2) is 6.38. The summed E-state index contributed by atoms with van der Waals surface area (Å²) in [6.07, 6.45) is 1.28. The Balaban J connectivity index is 2.15. The van der Waals surface area contributed by atoms with E-state index in [2.05, 4.69) is 23.6 Å². The summed E-state index contributed by atoms with van der Waals surface area (Å²) >= 11 is 0. The summed E-state index contributed by atoms with van der Waals surface area (Å²) in [7, 11) is 0. The highest BCUT2D eigenvalue weighted by Crippen LogP contribution is 2.05. The van der Waals surface area contributed by atoms with Crippen LogP contribution in [0.4, 0.5) is 0 Å². The first-order valence-corrected chi connectivity index (χ1v) is 5.91. The number of nitrogens with two attached hydrogens (primary N) is 1. The van der Waals surface area contributed by atoms with Crippen molar-refractivity contribution in [3.63, 3.8) is 0 Å². The minimum atomic E-state index is 0.646. The monoisotopic (exact) mass is 199 g/mol. The molecule has 1 rings (SSSR count). The minimum absolute atomic E-state index is 0.646. The van der Waals surface area contributed by atoms with Crippen molar-refractivity contribution in [2.45, 2.75) is 20.3 Å². The molecule has 1 aliphatic heterocycles. The minimum Gasteiger partial charge on any atom is -0.330 e. The summed E-state index contributed by atoms with van der Waals surface area (Å²) in [6.45, 7) is 12.7. The number of hydrogen-bond donors (Lipinski definition) is 1. The van der Waals surface area contributed by atoms with E-state index in [0.29, 0.717) is 5.92 Å². The number of nitrogens with zero attached hydrogens (tertiary/aromatic N) is 2. The number of rotatable bonds is 5. The van der Waals surface area contributed by atoms with Crippen LogP contribution in [-0.2, 0) is 0 Å². The summed E-state index contributed by atoms with van der Waals surface area (Å²) in [5.41, 5.74) is 5.63. The van der Waals surface area contributed by atoms with Gasteiger partial charge in [-0.2, -0.15) is 0 Å². The molecule has 14 heavy (non-hydrogen) atoms. The Bertz CT molecular complexity index is 141. The second-order valence-corrected chi connectivity index (χ2v) is 4.48. The molecule has 0 saturated carbocycles. The molecular formula is C11H25N3. The Hall–Kier alpha value is -0.120. The highest BCUT2D eigenvalue weighted by Gasteiger charge is 2.16. The van der Waals surface area contributed by atoms with Crippen LogP contribution >= 0.6 is 0 Å². The van der Waals surface area contributed by atoms with Crippen LogP contribution in [0.2, 0.25) is 0 Å². The van der Waals surface area contributed by atoms with Crippen molar-refractivity contribution in [1.82, 2.24) is 9.80 Å². The zero-order chi connectivity index (χ0) is 10.4. The van der Waals surface area contributed by atoms with Crippen LogP contribution in [0.5, 0.6) is 0 Å². The van der Waals surface area contributed by atoms with Gasteiger partial charge in [-0.3, -0.25) is 0 Å². The highest BCUT2D eigenvalue weighted by molar-refractivity contribution is 4.73. The van der Waals surface area contributed by atoms with Gasteiger partial charge in [0.05, 0.1) is 0 Å². The number of piperazine rings is 1. The molecule has 3 heteroatoms. The van der Waals surface area contributed by atoms with Crippen molar-refractivity contribution in [3.05, 3.63) is 0 Å². The molecule has 1 aliphatic rings. The molecule has 0 aromatic carbocycles. The molecule has 0 aromatic rings. The molecule has 3 nitrogen and oxygen atoms in total. The average molecular weight is 199 g/mol. The highest BCUT2D eigenvalue weighted by atomic mass is 15.3. The van der Waals surface area contributed by atoms with Crippen molar-refractivity contribution in [2.24, 2.45) is 11.7 Å². The fraction of sp³-hybridized carbons (Fsp3) is 1.00. The summed E-state index contributed by atoms with van der Waals surface area (Å²) < 4.78 is 0. The van der Waals surface area contributed by atoms with Gasteiger partial charge in [0, 0.05) is 32.7 Å². The predicted octanol–water partition coefficient (Wildman–Crippen LogP) is 0.609.